The van der Waals surface area contributed by atoms with Gasteiger partial charge in [0, 0.05) is 13.1 Å². The van der Waals surface area contributed by atoms with E-state index in [0.717, 1.165) is 0 Å². The average molecular weight is 294 g/mol. The molecule has 3 atom stereocenters. The van der Waals surface area contributed by atoms with Crippen LogP contribution in [0.5, 0.6) is 0 Å². The summed E-state index contributed by atoms with van der Waals surface area (Å²) in [5.41, 5.74) is 0. The summed E-state index contributed by atoms with van der Waals surface area (Å²) >= 11 is 0. The molecule has 1 aliphatic heterocycles. The van der Waals surface area contributed by atoms with Crippen LogP contribution in [0.1, 0.15) is 33.6 Å². The minimum Gasteiger partial charge on any atom is -0.480 e. The molecule has 0 aliphatic carbocycles. The van der Waals surface area contributed by atoms with Crippen LogP contribution in [0.4, 0.5) is 0 Å². The Morgan fingerprint density at radius 1 is 1.42 bits per heavy atom. The van der Waals surface area contributed by atoms with Gasteiger partial charge in [0.05, 0.1) is 12.2 Å². The van der Waals surface area contributed by atoms with Crippen molar-refractivity contribution in [3.05, 3.63) is 0 Å². The number of aliphatic carboxylic acids is 1. The van der Waals surface area contributed by atoms with E-state index in [1.807, 2.05) is 6.92 Å². The second-order valence-electron chi connectivity index (χ2n) is 4.88. The number of ether oxygens (including phenoxy) is 1. The van der Waals surface area contributed by atoms with E-state index in [2.05, 4.69) is 4.72 Å². The lowest BCUT2D eigenvalue weighted by atomic mass is 10.2. The van der Waals surface area contributed by atoms with Crippen LogP contribution in [0.2, 0.25) is 0 Å². The zero-order valence-electron chi connectivity index (χ0n) is 11.5. The molecule has 0 saturated carbocycles. The van der Waals surface area contributed by atoms with Gasteiger partial charge in [-0.2, -0.15) is 17.4 Å². The number of carboxylic acids is 1. The lowest BCUT2D eigenvalue weighted by Gasteiger charge is -2.34. The molecule has 1 rings (SSSR count). The Morgan fingerprint density at radius 3 is 2.37 bits per heavy atom. The summed E-state index contributed by atoms with van der Waals surface area (Å²) in [6, 6.07) is -1.08. The molecule has 0 amide bonds. The highest BCUT2D eigenvalue weighted by molar-refractivity contribution is 7.87. The van der Waals surface area contributed by atoms with Gasteiger partial charge >= 0.3 is 5.97 Å². The van der Waals surface area contributed by atoms with Crippen molar-refractivity contribution in [1.82, 2.24) is 9.03 Å². The monoisotopic (exact) mass is 294 g/mol. The molecular weight excluding hydrogens is 272 g/mol. The summed E-state index contributed by atoms with van der Waals surface area (Å²) in [7, 11) is -3.79. The number of morpholine rings is 1. The van der Waals surface area contributed by atoms with Crippen LogP contribution >= 0.6 is 0 Å². The van der Waals surface area contributed by atoms with Crippen LogP contribution in [0.3, 0.4) is 0 Å². The van der Waals surface area contributed by atoms with E-state index in [1.54, 1.807) is 13.8 Å². The first kappa shape index (κ1) is 16.4. The minimum absolute atomic E-state index is 0.199. The van der Waals surface area contributed by atoms with E-state index < -0.39 is 22.2 Å². The molecular formula is C11H22N2O5S. The van der Waals surface area contributed by atoms with Crippen molar-refractivity contribution in [3.63, 3.8) is 0 Å². The number of rotatable bonds is 6. The number of nitrogens with zero attached hydrogens (tertiary/aromatic N) is 1. The highest BCUT2D eigenvalue weighted by atomic mass is 32.2. The molecule has 0 radical (unpaired) electrons. The van der Waals surface area contributed by atoms with Crippen LogP contribution in [0, 0.1) is 0 Å². The van der Waals surface area contributed by atoms with E-state index in [0.29, 0.717) is 6.42 Å². The Kier molecular flexibility index (Phi) is 5.72. The number of carboxylic acid groups (broad SMARTS) is 1. The molecule has 1 aliphatic rings. The Labute approximate surface area is 114 Å². The first-order valence-electron chi connectivity index (χ1n) is 6.42. The van der Waals surface area contributed by atoms with E-state index in [-0.39, 0.29) is 31.7 Å². The van der Waals surface area contributed by atoms with Crippen LogP contribution in [-0.2, 0) is 19.7 Å². The quantitative estimate of drug-likeness (QED) is 0.728. The van der Waals surface area contributed by atoms with E-state index in [1.165, 1.54) is 4.31 Å². The maximum absolute atomic E-state index is 12.2. The predicted molar refractivity (Wildman–Crippen MR) is 70.0 cm³/mol. The van der Waals surface area contributed by atoms with Crippen LogP contribution in [0.25, 0.3) is 0 Å². The largest absolute Gasteiger partial charge is 0.480 e. The van der Waals surface area contributed by atoms with Crippen LogP contribution < -0.4 is 4.72 Å². The van der Waals surface area contributed by atoms with Gasteiger partial charge in [0.2, 0.25) is 0 Å². The molecule has 0 spiro atoms. The molecule has 0 bridgehead atoms. The first-order valence-corrected chi connectivity index (χ1v) is 7.86. The maximum Gasteiger partial charge on any atom is 0.321 e. The molecule has 0 aromatic rings. The Morgan fingerprint density at radius 2 is 1.95 bits per heavy atom. The van der Waals surface area contributed by atoms with E-state index >= 15 is 0 Å². The van der Waals surface area contributed by atoms with Crippen molar-refractivity contribution in [1.29, 1.82) is 0 Å². The van der Waals surface area contributed by atoms with E-state index in [9.17, 15) is 13.2 Å². The van der Waals surface area contributed by atoms with E-state index in [4.69, 9.17) is 9.84 Å². The molecule has 2 unspecified atom stereocenters. The van der Waals surface area contributed by atoms with Gasteiger partial charge < -0.3 is 9.84 Å². The Hall–Kier alpha value is -0.700. The van der Waals surface area contributed by atoms with Gasteiger partial charge in [0.15, 0.2) is 0 Å². The molecule has 8 heteroatoms. The van der Waals surface area contributed by atoms with Gasteiger partial charge in [-0.1, -0.05) is 13.3 Å². The average Bonchev–Trinajstić information content (AvgIpc) is 2.26. The summed E-state index contributed by atoms with van der Waals surface area (Å²) in [4.78, 5) is 11.0. The van der Waals surface area contributed by atoms with Crippen molar-refractivity contribution < 1.29 is 23.1 Å². The van der Waals surface area contributed by atoms with Crippen LogP contribution in [-0.4, -0.2) is 55.1 Å². The van der Waals surface area contributed by atoms with Crippen molar-refractivity contribution in [2.45, 2.75) is 51.9 Å². The smallest absolute Gasteiger partial charge is 0.321 e. The Bertz CT molecular complexity index is 401. The third-order valence-electron chi connectivity index (χ3n) is 2.89. The third kappa shape index (κ3) is 4.72. The molecule has 1 saturated heterocycles. The zero-order valence-corrected chi connectivity index (χ0v) is 12.3. The highest BCUT2D eigenvalue weighted by Gasteiger charge is 2.33. The molecule has 1 fully saturated rings. The molecule has 19 heavy (non-hydrogen) atoms. The van der Waals surface area contributed by atoms with Crippen molar-refractivity contribution >= 4 is 16.2 Å². The fourth-order valence-corrected chi connectivity index (χ4v) is 3.64. The number of nitrogens with one attached hydrogen (secondary N) is 1. The van der Waals surface area contributed by atoms with Gasteiger partial charge in [0.25, 0.3) is 10.2 Å². The molecule has 112 valence electrons. The fourth-order valence-electron chi connectivity index (χ4n) is 2.10. The van der Waals surface area contributed by atoms with Gasteiger partial charge in [-0.3, -0.25) is 4.79 Å². The third-order valence-corrected chi connectivity index (χ3v) is 4.45. The molecule has 0 aromatic carbocycles. The standard InChI is InChI=1S/C11H22N2O5S/c1-4-5-10(11(14)15)12-19(16,17)13-6-8(2)18-9(3)7-13/h8-10,12H,4-7H2,1-3H3,(H,14,15)/t8?,9?,10-/m1/s1. The summed E-state index contributed by atoms with van der Waals surface area (Å²) in [6.45, 7) is 5.86. The Balaban J connectivity index is 2.76. The van der Waals surface area contributed by atoms with Crippen molar-refractivity contribution in [2.75, 3.05) is 13.1 Å². The molecule has 1 heterocycles. The highest BCUT2D eigenvalue weighted by Crippen LogP contribution is 2.14. The fraction of sp³-hybridized carbons (Fsp3) is 0.909. The lowest BCUT2D eigenvalue weighted by Crippen LogP contribution is -2.54. The molecule has 7 nitrogen and oxygen atoms in total. The van der Waals surface area contributed by atoms with Gasteiger partial charge in [-0.05, 0) is 20.3 Å². The van der Waals surface area contributed by atoms with Crippen molar-refractivity contribution in [3.8, 4) is 0 Å². The first-order chi connectivity index (χ1) is 8.76. The topological polar surface area (TPSA) is 95.9 Å². The normalized spacial score (nSPS) is 27.1. The second-order valence-corrected chi connectivity index (χ2v) is 6.58. The van der Waals surface area contributed by atoms with Gasteiger partial charge in [-0.15, -0.1) is 0 Å². The summed E-state index contributed by atoms with van der Waals surface area (Å²) in [5.74, 6) is -1.15. The molecule has 2 N–H and O–H groups in total. The second kappa shape index (κ2) is 6.65. The maximum atomic E-state index is 12.2. The predicted octanol–water partition coefficient (Wildman–Crippen LogP) is 0.183. The number of hydrogen-bond acceptors (Lipinski definition) is 4. The van der Waals surface area contributed by atoms with Crippen LogP contribution in [0.15, 0.2) is 0 Å². The van der Waals surface area contributed by atoms with Gasteiger partial charge in [-0.25, -0.2) is 0 Å². The number of carbonyl (C=O) groups is 1. The summed E-state index contributed by atoms with van der Waals surface area (Å²) < 4.78 is 33.3. The summed E-state index contributed by atoms with van der Waals surface area (Å²) in [6.07, 6.45) is 0.462. The lowest BCUT2D eigenvalue weighted by molar-refractivity contribution is -0.139. The summed E-state index contributed by atoms with van der Waals surface area (Å²) in [5, 5.41) is 9.00. The van der Waals surface area contributed by atoms with Gasteiger partial charge in [0.1, 0.15) is 6.04 Å². The number of hydrogen-bond donors (Lipinski definition) is 2. The SMILES string of the molecule is CCC[C@@H](NS(=O)(=O)N1CC(C)OC(C)C1)C(=O)O. The zero-order chi connectivity index (χ0) is 14.6. The molecule has 0 aromatic heterocycles. The minimum atomic E-state index is -3.79. The van der Waals surface area contributed by atoms with Crippen molar-refractivity contribution in [2.24, 2.45) is 0 Å².